The normalized spacial score (nSPS) is 14.2. The van der Waals surface area contributed by atoms with Crippen molar-refractivity contribution in [1.82, 2.24) is 10.2 Å². The highest BCUT2D eigenvalue weighted by atomic mass is 16.5. The molecule has 1 aliphatic rings. The molecule has 0 unspecified atom stereocenters. The van der Waals surface area contributed by atoms with E-state index in [-0.39, 0.29) is 11.5 Å². The number of amides is 2. The van der Waals surface area contributed by atoms with Crippen molar-refractivity contribution >= 4 is 17.5 Å². The minimum absolute atomic E-state index is 0.0138. The standard InChI is InChI=1S/C18H22N4O3/c1-25-16-6-2-5-15(11-16)21-13-14(12-19)18(24)20-8-4-10-22-9-3-7-17(22)23/h2,5-6,11,13,21H,3-4,7-10H2,1H3,(H,20,24)/b14-13-. The predicted molar refractivity (Wildman–Crippen MR) is 93.8 cm³/mol. The van der Waals surface area contributed by atoms with E-state index in [1.54, 1.807) is 36.3 Å². The van der Waals surface area contributed by atoms with Crippen LogP contribution >= 0.6 is 0 Å². The molecule has 1 aliphatic heterocycles. The number of hydrogen-bond acceptors (Lipinski definition) is 5. The number of carbonyl (C=O) groups is 2. The average Bonchev–Trinajstić information content (AvgIpc) is 3.04. The molecule has 1 fully saturated rings. The Labute approximate surface area is 147 Å². The van der Waals surface area contributed by atoms with E-state index in [0.29, 0.717) is 37.4 Å². The highest BCUT2D eigenvalue weighted by Crippen LogP contribution is 2.16. The zero-order chi connectivity index (χ0) is 18.1. The van der Waals surface area contributed by atoms with E-state index in [2.05, 4.69) is 10.6 Å². The first-order valence-corrected chi connectivity index (χ1v) is 8.21. The van der Waals surface area contributed by atoms with E-state index in [4.69, 9.17) is 10.00 Å². The Kier molecular flexibility index (Phi) is 6.84. The fourth-order valence-corrected chi connectivity index (χ4v) is 2.52. The van der Waals surface area contributed by atoms with Crippen molar-refractivity contribution < 1.29 is 14.3 Å². The molecule has 7 heteroatoms. The zero-order valence-corrected chi connectivity index (χ0v) is 14.2. The van der Waals surface area contributed by atoms with Crippen LogP contribution in [0, 0.1) is 11.3 Å². The number of hydrogen-bond donors (Lipinski definition) is 2. The molecular weight excluding hydrogens is 320 g/mol. The van der Waals surface area contributed by atoms with E-state index >= 15 is 0 Å². The van der Waals surface area contributed by atoms with Crippen LogP contribution in [-0.4, -0.2) is 43.5 Å². The molecule has 1 heterocycles. The molecular formula is C18H22N4O3. The average molecular weight is 342 g/mol. The van der Waals surface area contributed by atoms with Crippen molar-refractivity contribution in [3.05, 3.63) is 36.0 Å². The number of nitrogens with zero attached hydrogens (tertiary/aromatic N) is 2. The van der Waals surface area contributed by atoms with Crippen molar-refractivity contribution in [1.29, 1.82) is 5.26 Å². The summed E-state index contributed by atoms with van der Waals surface area (Å²) in [6.07, 6.45) is 3.56. The van der Waals surface area contributed by atoms with Gasteiger partial charge < -0.3 is 20.3 Å². The molecule has 2 rings (SSSR count). The molecule has 1 aromatic rings. The Hall–Kier alpha value is -3.01. The molecule has 2 N–H and O–H groups in total. The molecule has 0 aliphatic carbocycles. The number of nitriles is 1. The molecule has 25 heavy (non-hydrogen) atoms. The molecule has 0 bridgehead atoms. The van der Waals surface area contributed by atoms with Gasteiger partial charge in [-0.25, -0.2) is 0 Å². The summed E-state index contributed by atoms with van der Waals surface area (Å²) in [5, 5.41) is 14.8. The van der Waals surface area contributed by atoms with Crippen LogP contribution in [0.25, 0.3) is 0 Å². The zero-order valence-electron chi connectivity index (χ0n) is 14.2. The van der Waals surface area contributed by atoms with E-state index in [1.165, 1.54) is 6.20 Å². The van der Waals surface area contributed by atoms with E-state index in [1.807, 2.05) is 6.07 Å². The van der Waals surface area contributed by atoms with Crippen molar-refractivity contribution in [3.63, 3.8) is 0 Å². The second-order valence-corrected chi connectivity index (χ2v) is 5.64. The molecule has 1 aromatic carbocycles. The van der Waals surface area contributed by atoms with Gasteiger partial charge in [-0.05, 0) is 25.0 Å². The maximum atomic E-state index is 12.0. The minimum atomic E-state index is -0.439. The second kappa shape index (κ2) is 9.33. The number of methoxy groups -OCH3 is 1. The molecule has 0 saturated carbocycles. The van der Waals surface area contributed by atoms with Crippen molar-refractivity contribution in [2.24, 2.45) is 0 Å². The van der Waals surface area contributed by atoms with Crippen molar-refractivity contribution in [3.8, 4) is 11.8 Å². The summed E-state index contributed by atoms with van der Waals surface area (Å²) in [6, 6.07) is 9.06. The van der Waals surface area contributed by atoms with E-state index in [0.717, 1.165) is 13.0 Å². The lowest BCUT2D eigenvalue weighted by atomic mass is 10.2. The number of anilines is 1. The van der Waals surface area contributed by atoms with Gasteiger partial charge in [-0.1, -0.05) is 6.07 Å². The van der Waals surface area contributed by atoms with Gasteiger partial charge in [-0.2, -0.15) is 5.26 Å². The van der Waals surface area contributed by atoms with Gasteiger partial charge in [-0.3, -0.25) is 9.59 Å². The van der Waals surface area contributed by atoms with Gasteiger partial charge in [0.25, 0.3) is 5.91 Å². The monoisotopic (exact) mass is 342 g/mol. The summed E-state index contributed by atoms with van der Waals surface area (Å²) >= 11 is 0. The number of nitrogens with one attached hydrogen (secondary N) is 2. The van der Waals surface area contributed by atoms with Gasteiger partial charge in [0.2, 0.25) is 5.91 Å². The first kappa shape index (κ1) is 18.3. The summed E-state index contributed by atoms with van der Waals surface area (Å²) in [5.41, 5.74) is 0.701. The smallest absolute Gasteiger partial charge is 0.263 e. The number of carbonyl (C=O) groups excluding carboxylic acids is 2. The van der Waals surface area contributed by atoms with E-state index < -0.39 is 5.91 Å². The van der Waals surface area contributed by atoms with Crippen LogP contribution in [0.1, 0.15) is 19.3 Å². The van der Waals surface area contributed by atoms with Crippen LogP contribution in [0.15, 0.2) is 36.0 Å². The summed E-state index contributed by atoms with van der Waals surface area (Å²) in [6.45, 7) is 1.84. The Morgan fingerprint density at radius 3 is 3.00 bits per heavy atom. The van der Waals surface area contributed by atoms with Crippen LogP contribution in [0.3, 0.4) is 0 Å². The predicted octanol–water partition coefficient (Wildman–Crippen LogP) is 1.64. The third-order valence-electron chi connectivity index (χ3n) is 3.88. The molecule has 7 nitrogen and oxygen atoms in total. The molecule has 0 aromatic heterocycles. The molecule has 0 radical (unpaired) electrons. The van der Waals surface area contributed by atoms with Gasteiger partial charge in [0, 0.05) is 44.0 Å². The van der Waals surface area contributed by atoms with Crippen molar-refractivity contribution in [2.45, 2.75) is 19.3 Å². The molecule has 132 valence electrons. The number of rotatable bonds is 8. The Morgan fingerprint density at radius 1 is 1.48 bits per heavy atom. The number of ether oxygens (including phenoxy) is 1. The maximum absolute atomic E-state index is 12.0. The summed E-state index contributed by atoms with van der Waals surface area (Å²) in [7, 11) is 1.57. The van der Waals surface area contributed by atoms with E-state index in [9.17, 15) is 9.59 Å². The molecule has 2 amide bonds. The number of likely N-dealkylation sites (tertiary alicyclic amines) is 1. The van der Waals surface area contributed by atoms with Crippen LogP contribution in [0.5, 0.6) is 5.75 Å². The summed E-state index contributed by atoms with van der Waals surface area (Å²) in [4.78, 5) is 25.3. The summed E-state index contributed by atoms with van der Waals surface area (Å²) in [5.74, 6) is 0.412. The van der Waals surface area contributed by atoms with Crippen molar-refractivity contribution in [2.75, 3.05) is 32.1 Å². The lowest BCUT2D eigenvalue weighted by molar-refractivity contribution is -0.127. The Balaban J connectivity index is 1.79. The minimum Gasteiger partial charge on any atom is -0.497 e. The highest BCUT2D eigenvalue weighted by molar-refractivity contribution is 5.97. The third kappa shape index (κ3) is 5.53. The lowest BCUT2D eigenvalue weighted by Crippen LogP contribution is -2.31. The van der Waals surface area contributed by atoms with Gasteiger partial charge in [0.15, 0.2) is 0 Å². The van der Waals surface area contributed by atoms with Crippen LogP contribution in [0.4, 0.5) is 5.69 Å². The first-order chi connectivity index (χ1) is 12.1. The maximum Gasteiger partial charge on any atom is 0.263 e. The third-order valence-corrected chi connectivity index (χ3v) is 3.88. The van der Waals surface area contributed by atoms with Crippen LogP contribution < -0.4 is 15.4 Å². The fourth-order valence-electron chi connectivity index (χ4n) is 2.52. The molecule has 0 atom stereocenters. The topological polar surface area (TPSA) is 94.5 Å². The van der Waals surface area contributed by atoms with Crippen LogP contribution in [0.2, 0.25) is 0 Å². The highest BCUT2D eigenvalue weighted by Gasteiger charge is 2.19. The SMILES string of the molecule is COc1cccc(N/C=C(/C#N)C(=O)NCCCN2CCCC2=O)c1. The quantitative estimate of drug-likeness (QED) is 0.425. The molecule has 0 spiro atoms. The lowest BCUT2D eigenvalue weighted by Gasteiger charge is -2.15. The number of benzene rings is 1. The van der Waals surface area contributed by atoms with Crippen LogP contribution in [-0.2, 0) is 9.59 Å². The fraction of sp³-hybridized carbons (Fsp3) is 0.389. The van der Waals surface area contributed by atoms with Gasteiger partial charge in [-0.15, -0.1) is 0 Å². The largest absolute Gasteiger partial charge is 0.497 e. The molecule has 1 saturated heterocycles. The Morgan fingerprint density at radius 2 is 2.32 bits per heavy atom. The summed E-state index contributed by atoms with van der Waals surface area (Å²) < 4.78 is 5.12. The first-order valence-electron chi connectivity index (χ1n) is 8.21. The Bertz CT molecular complexity index is 694. The second-order valence-electron chi connectivity index (χ2n) is 5.64. The van der Waals surface area contributed by atoms with Gasteiger partial charge in [0.1, 0.15) is 17.4 Å². The van der Waals surface area contributed by atoms with Gasteiger partial charge in [0.05, 0.1) is 7.11 Å². The van der Waals surface area contributed by atoms with Gasteiger partial charge >= 0.3 is 0 Å².